The molecule has 4 nitrogen and oxygen atoms in total. The third-order valence-corrected chi connectivity index (χ3v) is 5.93. The molecule has 0 aliphatic carbocycles. The Morgan fingerprint density at radius 3 is 0.969 bits per heavy atom. The van der Waals surface area contributed by atoms with Gasteiger partial charge in [-0.25, -0.2) is 0 Å². The first kappa shape index (κ1) is 30.9. The molecule has 0 rings (SSSR count). The molecule has 0 unspecified atom stereocenters. The lowest BCUT2D eigenvalue weighted by molar-refractivity contribution is -0.145. The van der Waals surface area contributed by atoms with Gasteiger partial charge < -0.3 is 9.47 Å². The first-order chi connectivity index (χ1) is 15.4. The predicted molar refractivity (Wildman–Crippen MR) is 135 cm³/mol. The molecule has 4 heteroatoms. The third-order valence-electron chi connectivity index (χ3n) is 5.93. The number of carbonyl (C=O) groups is 2. The molecule has 0 aliphatic rings. The molecule has 0 spiro atoms. The summed E-state index contributed by atoms with van der Waals surface area (Å²) in [6.07, 6.45) is 20.4. The van der Waals surface area contributed by atoms with E-state index in [1.165, 1.54) is 64.2 Å². The van der Waals surface area contributed by atoms with Crippen LogP contribution in [0.4, 0.5) is 0 Å². The molecular formula is C28H54O4. The summed E-state index contributed by atoms with van der Waals surface area (Å²) in [4.78, 5) is 23.2. The van der Waals surface area contributed by atoms with Gasteiger partial charge in [-0.15, -0.1) is 0 Å². The maximum atomic E-state index is 11.6. The van der Waals surface area contributed by atoms with Crippen molar-refractivity contribution in [3.63, 3.8) is 0 Å². The molecule has 0 radical (unpaired) electrons. The van der Waals surface area contributed by atoms with E-state index in [1.807, 2.05) is 0 Å². The molecule has 32 heavy (non-hydrogen) atoms. The van der Waals surface area contributed by atoms with Crippen LogP contribution >= 0.6 is 0 Å². The second kappa shape index (κ2) is 23.1. The fourth-order valence-corrected chi connectivity index (χ4v) is 3.62. The number of carbonyl (C=O) groups excluding carboxylic acids is 2. The van der Waals surface area contributed by atoms with Crippen LogP contribution in [0.15, 0.2) is 0 Å². The topological polar surface area (TPSA) is 52.6 Å². The molecule has 0 amide bonds. The van der Waals surface area contributed by atoms with E-state index in [2.05, 4.69) is 27.7 Å². The summed E-state index contributed by atoms with van der Waals surface area (Å²) < 4.78 is 10.5. The number of rotatable bonds is 23. The van der Waals surface area contributed by atoms with Crippen molar-refractivity contribution in [2.24, 2.45) is 11.8 Å². The molecule has 0 saturated heterocycles. The lowest BCUT2D eigenvalue weighted by atomic mass is 10.0. The fraction of sp³-hybridized carbons (Fsp3) is 0.929. The average molecular weight is 455 g/mol. The molecular weight excluding hydrogens is 400 g/mol. The lowest BCUT2D eigenvalue weighted by Gasteiger charge is -2.07. The van der Waals surface area contributed by atoms with Gasteiger partial charge in [0.25, 0.3) is 0 Å². The number of unbranched alkanes of at least 4 members (excludes halogenated alkanes) is 13. The van der Waals surface area contributed by atoms with E-state index in [0.717, 1.165) is 38.5 Å². The maximum absolute atomic E-state index is 11.6. The van der Waals surface area contributed by atoms with E-state index >= 15 is 0 Å². The quantitative estimate of drug-likeness (QED) is 0.115. The van der Waals surface area contributed by atoms with Crippen molar-refractivity contribution in [1.82, 2.24) is 0 Å². The standard InChI is InChI=1S/C28H54O4/c1-25(2)21-23-31-27(29)19-17-15-13-11-9-7-5-6-8-10-12-14-16-18-20-28(30)32-24-22-26(3)4/h25-26H,5-24H2,1-4H3. The Bertz CT molecular complexity index is 391. The summed E-state index contributed by atoms with van der Waals surface area (Å²) in [7, 11) is 0. The Hall–Kier alpha value is -1.06. The zero-order chi connectivity index (χ0) is 23.9. The Balaban J connectivity index is 3.19. The summed E-state index contributed by atoms with van der Waals surface area (Å²) in [6.45, 7) is 9.74. The van der Waals surface area contributed by atoms with Gasteiger partial charge in [-0.3, -0.25) is 9.59 Å². The third kappa shape index (κ3) is 25.2. The largest absolute Gasteiger partial charge is 0.466 e. The van der Waals surface area contributed by atoms with Crippen molar-refractivity contribution >= 4 is 11.9 Å². The average Bonchev–Trinajstić information content (AvgIpc) is 2.72. The van der Waals surface area contributed by atoms with Crippen molar-refractivity contribution < 1.29 is 19.1 Å². The molecule has 0 aromatic carbocycles. The number of hydrogen-bond acceptors (Lipinski definition) is 4. The fourth-order valence-electron chi connectivity index (χ4n) is 3.62. The van der Waals surface area contributed by atoms with E-state index in [0.29, 0.717) is 37.9 Å². The van der Waals surface area contributed by atoms with E-state index in [9.17, 15) is 9.59 Å². The van der Waals surface area contributed by atoms with Gasteiger partial charge in [0.05, 0.1) is 13.2 Å². The monoisotopic (exact) mass is 454 g/mol. The minimum atomic E-state index is -0.0229. The smallest absolute Gasteiger partial charge is 0.305 e. The van der Waals surface area contributed by atoms with Crippen LogP contribution in [0.3, 0.4) is 0 Å². The highest BCUT2D eigenvalue weighted by atomic mass is 16.5. The van der Waals surface area contributed by atoms with Crippen LogP contribution in [-0.2, 0) is 19.1 Å². The molecule has 190 valence electrons. The highest BCUT2D eigenvalue weighted by Gasteiger charge is 2.04. The Morgan fingerprint density at radius 2 is 0.719 bits per heavy atom. The number of ether oxygens (including phenoxy) is 2. The van der Waals surface area contributed by atoms with Gasteiger partial charge >= 0.3 is 11.9 Å². The maximum Gasteiger partial charge on any atom is 0.305 e. The zero-order valence-corrected chi connectivity index (χ0v) is 21.9. The van der Waals surface area contributed by atoms with Crippen molar-refractivity contribution in [3.8, 4) is 0 Å². The van der Waals surface area contributed by atoms with Gasteiger partial charge in [0.1, 0.15) is 0 Å². The molecule has 0 atom stereocenters. The predicted octanol–water partition coefficient (Wildman–Crippen LogP) is 8.41. The molecule has 0 aromatic heterocycles. The van der Waals surface area contributed by atoms with Crippen LogP contribution in [0.2, 0.25) is 0 Å². The SMILES string of the molecule is CC(C)CCOC(=O)CCCCCCCCCCCCCCCCC(=O)OCCC(C)C. The molecule has 0 fully saturated rings. The Kier molecular flexibility index (Phi) is 22.3. The van der Waals surface area contributed by atoms with Crippen LogP contribution in [0.25, 0.3) is 0 Å². The summed E-state index contributed by atoms with van der Waals surface area (Å²) in [5, 5.41) is 0. The molecule has 0 aliphatic heterocycles. The van der Waals surface area contributed by atoms with Crippen LogP contribution < -0.4 is 0 Å². The van der Waals surface area contributed by atoms with Crippen LogP contribution in [0.5, 0.6) is 0 Å². The van der Waals surface area contributed by atoms with Crippen molar-refractivity contribution in [2.45, 2.75) is 143 Å². The lowest BCUT2D eigenvalue weighted by Crippen LogP contribution is -2.07. The van der Waals surface area contributed by atoms with Gasteiger partial charge in [0.2, 0.25) is 0 Å². The second-order valence-electron chi connectivity index (χ2n) is 10.3. The van der Waals surface area contributed by atoms with Crippen LogP contribution in [0.1, 0.15) is 143 Å². The minimum absolute atomic E-state index is 0.0229. The van der Waals surface area contributed by atoms with Crippen molar-refractivity contribution in [3.05, 3.63) is 0 Å². The minimum Gasteiger partial charge on any atom is -0.466 e. The first-order valence-corrected chi connectivity index (χ1v) is 13.7. The molecule has 0 bridgehead atoms. The van der Waals surface area contributed by atoms with Gasteiger partial charge in [0, 0.05) is 12.8 Å². The van der Waals surface area contributed by atoms with E-state index in [1.54, 1.807) is 0 Å². The van der Waals surface area contributed by atoms with Gasteiger partial charge in [-0.2, -0.15) is 0 Å². The Labute approximate surface area is 199 Å². The summed E-state index contributed by atoms with van der Waals surface area (Å²) in [5.74, 6) is 1.14. The first-order valence-electron chi connectivity index (χ1n) is 13.7. The van der Waals surface area contributed by atoms with E-state index < -0.39 is 0 Å². The van der Waals surface area contributed by atoms with E-state index in [4.69, 9.17) is 9.47 Å². The normalized spacial score (nSPS) is 11.3. The zero-order valence-electron chi connectivity index (χ0n) is 21.9. The molecule has 0 aromatic rings. The second-order valence-corrected chi connectivity index (χ2v) is 10.3. The summed E-state index contributed by atoms with van der Waals surface area (Å²) in [5.41, 5.74) is 0. The Morgan fingerprint density at radius 1 is 0.469 bits per heavy atom. The summed E-state index contributed by atoms with van der Waals surface area (Å²) >= 11 is 0. The number of esters is 2. The van der Waals surface area contributed by atoms with Crippen molar-refractivity contribution in [2.75, 3.05) is 13.2 Å². The van der Waals surface area contributed by atoms with E-state index in [-0.39, 0.29) is 11.9 Å². The molecule has 0 saturated carbocycles. The van der Waals surface area contributed by atoms with Crippen LogP contribution in [-0.4, -0.2) is 25.2 Å². The van der Waals surface area contributed by atoms with Crippen LogP contribution in [0, 0.1) is 11.8 Å². The van der Waals surface area contributed by atoms with Gasteiger partial charge in [-0.1, -0.05) is 105 Å². The summed E-state index contributed by atoms with van der Waals surface area (Å²) in [6, 6.07) is 0. The number of hydrogen-bond donors (Lipinski definition) is 0. The van der Waals surface area contributed by atoms with Crippen molar-refractivity contribution in [1.29, 1.82) is 0 Å². The van der Waals surface area contributed by atoms with Gasteiger partial charge in [-0.05, 0) is 37.5 Å². The highest BCUT2D eigenvalue weighted by Crippen LogP contribution is 2.14. The highest BCUT2D eigenvalue weighted by molar-refractivity contribution is 5.69. The molecule has 0 N–H and O–H groups in total. The van der Waals surface area contributed by atoms with Gasteiger partial charge in [0.15, 0.2) is 0 Å². The molecule has 0 heterocycles.